The quantitative estimate of drug-likeness (QED) is 0.0526. The minimum Gasteiger partial charge on any atom is -0.494 e. The average Bonchev–Trinajstić information content (AvgIpc) is 3.68. The van der Waals surface area contributed by atoms with E-state index in [9.17, 15) is 43.5 Å². The number of unbranched alkanes of at least 4 members (excludes halogenated alkanes) is 2. The molecule has 5 rings (SSSR count). The molecular formula is C31H39N7O15P2. The van der Waals surface area contributed by atoms with Gasteiger partial charge in [-0.25, -0.2) is 14.1 Å². The molecule has 1 saturated heterocycles. The van der Waals surface area contributed by atoms with Crippen LogP contribution in [0.25, 0.3) is 11.2 Å². The molecule has 1 aliphatic rings. The molecule has 0 bridgehead atoms. The zero-order valence-electron chi connectivity index (χ0n) is 29.3. The highest BCUT2D eigenvalue weighted by molar-refractivity contribution is 7.61. The molecular weight excluding hydrogens is 772 g/mol. The molecule has 1 aliphatic heterocycles. The van der Waals surface area contributed by atoms with Crippen molar-refractivity contribution in [3.8, 4) is 11.5 Å². The number of rotatable bonds is 18. The van der Waals surface area contributed by atoms with E-state index in [1.54, 1.807) is 30.3 Å². The Morgan fingerprint density at radius 1 is 0.964 bits per heavy atom. The first-order valence-corrected chi connectivity index (χ1v) is 19.4. The number of fused-ring (bicyclic) bond motifs is 1. The standard InChI is InChI=1S/C31H39N7O15P2/c1-48-20-14-19(35-28(42)17-9-5-3-6-10-17)21(49-2)13-18(20)34-23(39)11-7-4-8-12-50-54(44,45)53-55(46,47)51-15-22-25(40)26(41)30(52-22)38-16-33-24-27(38)36-31(32)37-29(24)43/h3,5-6,9-10,13-14,16,22,25-26,30,40-41H,4,7-8,11-12,15H2,1-2H3,(H,34,39)(H,35,42)(H,44,45)(H,46,47)(H3,32,36,37,43)/t22-,25-,26-,30-/m1/s1. The van der Waals surface area contributed by atoms with Crippen LogP contribution < -0.4 is 31.4 Å². The maximum Gasteiger partial charge on any atom is 0.481 e. The van der Waals surface area contributed by atoms with Gasteiger partial charge in [-0.2, -0.15) is 9.29 Å². The number of benzene rings is 2. The third-order valence-corrected chi connectivity index (χ3v) is 10.7. The van der Waals surface area contributed by atoms with Crippen molar-refractivity contribution in [1.29, 1.82) is 0 Å². The van der Waals surface area contributed by atoms with E-state index in [0.29, 0.717) is 24.1 Å². The van der Waals surface area contributed by atoms with Gasteiger partial charge in [-0.05, 0) is 25.0 Å². The number of H-pyrrole nitrogens is 1. The number of aromatic nitrogens is 4. The number of carbonyl (C=O) groups excluding carboxylic acids is 2. The second-order valence-corrected chi connectivity index (χ2v) is 14.9. The third kappa shape index (κ3) is 10.5. The van der Waals surface area contributed by atoms with Crippen molar-refractivity contribution >= 4 is 55.9 Å². The summed E-state index contributed by atoms with van der Waals surface area (Å²) in [6.07, 6.45) is -4.20. The van der Waals surface area contributed by atoms with Gasteiger partial charge in [0.15, 0.2) is 17.4 Å². The summed E-state index contributed by atoms with van der Waals surface area (Å²) in [5.74, 6) is -0.482. The Morgan fingerprint density at radius 3 is 2.29 bits per heavy atom. The smallest absolute Gasteiger partial charge is 0.481 e. The van der Waals surface area contributed by atoms with Crippen molar-refractivity contribution in [3.05, 3.63) is 64.7 Å². The zero-order valence-corrected chi connectivity index (χ0v) is 31.1. The molecule has 3 heterocycles. The largest absolute Gasteiger partial charge is 0.494 e. The molecule has 298 valence electrons. The fourth-order valence-corrected chi connectivity index (χ4v) is 7.52. The topological polar surface area (TPSA) is 318 Å². The van der Waals surface area contributed by atoms with Crippen LogP contribution in [0.15, 0.2) is 53.6 Å². The van der Waals surface area contributed by atoms with E-state index >= 15 is 0 Å². The summed E-state index contributed by atoms with van der Waals surface area (Å²) in [5.41, 5.74) is 5.74. The monoisotopic (exact) mass is 811 g/mol. The molecule has 4 aromatic rings. The SMILES string of the molecule is COc1cc(NC(=O)c2ccccc2)c(OC)cc1NC(=O)CCCCCOP(=O)(O)OP(=O)(O)OC[C@H]1O[C@@H](n2cnc3c(=O)[nH]c(N)nc32)[C@H](O)[C@@H]1O. The number of carbonyl (C=O) groups is 2. The van der Waals surface area contributed by atoms with Crippen LogP contribution in [0.1, 0.15) is 42.3 Å². The normalized spacial score (nSPS) is 20.4. The van der Waals surface area contributed by atoms with Crippen molar-refractivity contribution in [1.82, 2.24) is 19.5 Å². The molecule has 6 atom stereocenters. The summed E-state index contributed by atoms with van der Waals surface area (Å²) in [6.45, 7) is -1.28. The van der Waals surface area contributed by atoms with Crippen LogP contribution >= 0.6 is 15.6 Å². The molecule has 0 aliphatic carbocycles. The lowest BCUT2D eigenvalue weighted by atomic mass is 10.1. The van der Waals surface area contributed by atoms with Crippen LogP contribution in [0.4, 0.5) is 17.3 Å². The molecule has 0 radical (unpaired) electrons. The lowest BCUT2D eigenvalue weighted by molar-refractivity contribution is -0.116. The fraction of sp³-hybridized carbons (Fsp3) is 0.387. The van der Waals surface area contributed by atoms with Gasteiger partial charge in [-0.1, -0.05) is 24.6 Å². The van der Waals surface area contributed by atoms with Gasteiger partial charge in [0.25, 0.3) is 11.5 Å². The molecule has 2 unspecified atom stereocenters. The van der Waals surface area contributed by atoms with E-state index in [4.69, 9.17) is 29.0 Å². The van der Waals surface area contributed by atoms with Crippen molar-refractivity contribution in [3.63, 3.8) is 0 Å². The summed E-state index contributed by atoms with van der Waals surface area (Å²) in [4.78, 5) is 67.5. The number of nitrogens with zero attached hydrogens (tertiary/aromatic N) is 3. The van der Waals surface area contributed by atoms with Gasteiger partial charge in [0.1, 0.15) is 29.8 Å². The lowest BCUT2D eigenvalue weighted by Crippen LogP contribution is -2.33. The molecule has 22 nitrogen and oxygen atoms in total. The van der Waals surface area contributed by atoms with Gasteiger partial charge in [0.2, 0.25) is 11.9 Å². The Balaban J connectivity index is 1.03. The molecule has 0 saturated carbocycles. The maximum absolute atomic E-state index is 12.7. The number of nitrogens with two attached hydrogens (primary N) is 1. The van der Waals surface area contributed by atoms with Gasteiger partial charge in [0, 0.05) is 24.1 Å². The number of aromatic amines is 1. The summed E-state index contributed by atoms with van der Waals surface area (Å²) in [7, 11) is -7.63. The summed E-state index contributed by atoms with van der Waals surface area (Å²) < 4.78 is 56.1. The Labute approximate surface area is 311 Å². The number of nitrogens with one attached hydrogen (secondary N) is 3. The number of aliphatic hydroxyl groups is 2. The van der Waals surface area contributed by atoms with E-state index in [2.05, 4.69) is 29.9 Å². The number of amides is 2. The molecule has 2 aromatic heterocycles. The number of phosphoric ester groups is 2. The molecule has 1 fully saturated rings. The minimum absolute atomic E-state index is 0.0372. The van der Waals surface area contributed by atoms with Gasteiger partial charge in [0.05, 0.1) is 45.1 Å². The van der Waals surface area contributed by atoms with Crippen molar-refractivity contribution in [2.75, 3.05) is 43.8 Å². The van der Waals surface area contributed by atoms with Crippen LogP contribution in [0, 0.1) is 0 Å². The highest BCUT2D eigenvalue weighted by Crippen LogP contribution is 2.60. The van der Waals surface area contributed by atoms with E-state index in [1.165, 1.54) is 26.4 Å². The highest BCUT2D eigenvalue weighted by Gasteiger charge is 2.46. The number of imidazole rings is 1. The third-order valence-electron chi connectivity index (χ3n) is 8.05. The molecule has 9 N–H and O–H groups in total. The van der Waals surface area contributed by atoms with Crippen LogP contribution in [0.3, 0.4) is 0 Å². The summed E-state index contributed by atoms with van der Waals surface area (Å²) in [6, 6.07) is 11.5. The van der Waals surface area contributed by atoms with E-state index in [0.717, 1.165) is 10.9 Å². The van der Waals surface area contributed by atoms with E-state index < -0.39 is 59.0 Å². The maximum atomic E-state index is 12.7. The molecule has 0 spiro atoms. The van der Waals surface area contributed by atoms with E-state index in [1.807, 2.05) is 0 Å². The number of anilines is 3. The molecule has 2 amide bonds. The number of methoxy groups -OCH3 is 2. The Morgan fingerprint density at radius 2 is 1.62 bits per heavy atom. The number of phosphoric acid groups is 2. The number of hydrogen-bond acceptors (Lipinski definition) is 16. The fourth-order valence-electron chi connectivity index (χ4n) is 5.41. The van der Waals surface area contributed by atoms with Gasteiger partial charge < -0.3 is 50.6 Å². The number of aliphatic hydroxyl groups excluding tert-OH is 2. The lowest BCUT2D eigenvalue weighted by Gasteiger charge is -2.19. The Hall–Kier alpha value is -4.73. The van der Waals surface area contributed by atoms with Crippen molar-refractivity contribution in [2.45, 2.75) is 50.2 Å². The summed E-state index contributed by atoms with van der Waals surface area (Å²) in [5, 5.41) is 26.5. The highest BCUT2D eigenvalue weighted by atomic mass is 31.3. The predicted molar refractivity (Wildman–Crippen MR) is 192 cm³/mol. The van der Waals surface area contributed by atoms with Crippen LogP contribution in [-0.4, -0.2) is 97.1 Å². The Kier molecular flexibility index (Phi) is 13.4. The molecule has 2 aromatic carbocycles. The second kappa shape index (κ2) is 17.8. The van der Waals surface area contributed by atoms with E-state index in [-0.39, 0.29) is 59.0 Å². The first-order chi connectivity index (χ1) is 26.1. The minimum atomic E-state index is -5.29. The zero-order chi connectivity index (χ0) is 39.9. The second-order valence-electron chi connectivity index (χ2n) is 11.9. The number of hydrogen-bond donors (Lipinski definition) is 8. The van der Waals surface area contributed by atoms with Crippen LogP contribution in [0.5, 0.6) is 11.5 Å². The van der Waals surface area contributed by atoms with Gasteiger partial charge >= 0.3 is 15.6 Å². The molecule has 24 heteroatoms. The first kappa shape index (κ1) is 41.4. The number of nitrogen functional groups attached to an aromatic ring is 1. The molecule has 55 heavy (non-hydrogen) atoms. The summed E-state index contributed by atoms with van der Waals surface area (Å²) >= 11 is 0. The average molecular weight is 812 g/mol. The van der Waals surface area contributed by atoms with Gasteiger partial charge in [-0.3, -0.25) is 33.0 Å². The van der Waals surface area contributed by atoms with Crippen molar-refractivity contribution in [2.24, 2.45) is 0 Å². The van der Waals surface area contributed by atoms with Gasteiger partial charge in [-0.15, -0.1) is 0 Å². The first-order valence-electron chi connectivity index (χ1n) is 16.4. The van der Waals surface area contributed by atoms with Crippen molar-refractivity contribution < 1.29 is 66.3 Å². The number of ether oxygens (including phenoxy) is 3. The Bertz CT molecular complexity index is 2150. The van der Waals surface area contributed by atoms with Crippen LogP contribution in [0.2, 0.25) is 0 Å². The predicted octanol–water partition coefficient (Wildman–Crippen LogP) is 2.04. The van der Waals surface area contributed by atoms with Crippen LogP contribution in [-0.2, 0) is 32.0 Å².